The normalized spacial score (nSPS) is 11.1. The van der Waals surface area contributed by atoms with E-state index in [2.05, 4.69) is 10.6 Å². The summed E-state index contributed by atoms with van der Waals surface area (Å²) in [4.78, 5) is 59.2. The van der Waals surface area contributed by atoms with Gasteiger partial charge >= 0.3 is 0 Å². The Morgan fingerprint density at radius 2 is 0.909 bits per heavy atom. The molecule has 0 bridgehead atoms. The summed E-state index contributed by atoms with van der Waals surface area (Å²) in [5.74, 6) is -3.41. The van der Waals surface area contributed by atoms with Crippen LogP contribution in [0.15, 0.2) is 0 Å². The van der Waals surface area contributed by atoms with Crippen molar-refractivity contribution in [2.75, 3.05) is 45.0 Å². The van der Waals surface area contributed by atoms with Crippen LogP contribution in [0.25, 0.3) is 0 Å². The predicted molar refractivity (Wildman–Crippen MR) is 157 cm³/mol. The van der Waals surface area contributed by atoms with Crippen molar-refractivity contribution in [3.63, 3.8) is 0 Å². The standard InChI is InChI=1S/C26H50N6O11S/c27-15-4-1-7-18-30(38)24(35)12-10-22(33)28-16-5-2-8-19-31(39)25(36)13-11-23(34)29-17-6-3-9-20-32(40)26(37)14-21-44(41,42)43/h38-40H,1-21,27H2,(H,28,33)(H,29,34)(H,41,42,43). The number of unbranched alkanes of at least 4 members (excludes halogenated alkanes) is 6. The van der Waals surface area contributed by atoms with E-state index >= 15 is 0 Å². The molecule has 0 saturated carbocycles. The average molecular weight is 655 g/mol. The molecule has 0 radical (unpaired) electrons. The first-order valence-electron chi connectivity index (χ1n) is 14.9. The first-order valence-corrected chi connectivity index (χ1v) is 16.5. The SMILES string of the molecule is NCCCCCN(O)C(=O)CCC(=O)NCCCCCN(O)C(=O)CCC(=O)NCCCCCN(O)C(=O)CCS(=O)(=O)O. The molecule has 8 N–H and O–H groups in total. The van der Waals surface area contributed by atoms with E-state index in [1.807, 2.05) is 0 Å². The number of nitrogens with zero attached hydrogens (tertiary/aromatic N) is 3. The zero-order valence-electron chi connectivity index (χ0n) is 25.3. The second-order valence-electron chi connectivity index (χ2n) is 10.3. The van der Waals surface area contributed by atoms with Crippen LogP contribution in [0.5, 0.6) is 0 Å². The largest absolute Gasteiger partial charge is 0.356 e. The first-order chi connectivity index (χ1) is 20.8. The number of carbonyl (C=O) groups is 5. The highest BCUT2D eigenvalue weighted by molar-refractivity contribution is 7.85. The number of hydrogen-bond acceptors (Lipinski definition) is 11. The average Bonchev–Trinajstić information content (AvgIpc) is 2.98. The summed E-state index contributed by atoms with van der Waals surface area (Å²) in [6.07, 6.45) is 4.45. The Morgan fingerprint density at radius 3 is 1.27 bits per heavy atom. The summed E-state index contributed by atoms with van der Waals surface area (Å²) >= 11 is 0. The van der Waals surface area contributed by atoms with Crippen LogP contribution in [0.2, 0.25) is 0 Å². The number of rotatable bonds is 26. The fourth-order valence-electron chi connectivity index (χ4n) is 3.76. The van der Waals surface area contributed by atoms with Crippen LogP contribution in [0.1, 0.15) is 89.9 Å². The molecule has 5 amide bonds. The van der Waals surface area contributed by atoms with Crippen LogP contribution in [-0.2, 0) is 34.1 Å². The van der Waals surface area contributed by atoms with Gasteiger partial charge in [-0.05, 0) is 57.9 Å². The Morgan fingerprint density at radius 1 is 0.545 bits per heavy atom. The van der Waals surface area contributed by atoms with Crippen LogP contribution < -0.4 is 16.4 Å². The minimum atomic E-state index is -4.29. The van der Waals surface area contributed by atoms with Gasteiger partial charge in [-0.25, -0.2) is 15.2 Å². The molecule has 0 aliphatic rings. The molecule has 0 aromatic heterocycles. The van der Waals surface area contributed by atoms with Crippen molar-refractivity contribution >= 4 is 39.7 Å². The van der Waals surface area contributed by atoms with Crippen molar-refractivity contribution in [1.29, 1.82) is 0 Å². The molecule has 0 spiro atoms. The quantitative estimate of drug-likeness (QED) is 0.0285. The van der Waals surface area contributed by atoms with Gasteiger partial charge in [-0.15, -0.1) is 0 Å². The molecule has 0 aliphatic heterocycles. The number of hydroxylamine groups is 6. The number of nitrogens with one attached hydrogen (secondary N) is 2. The van der Waals surface area contributed by atoms with Crippen molar-refractivity contribution in [3.05, 3.63) is 0 Å². The molecule has 44 heavy (non-hydrogen) atoms. The third kappa shape index (κ3) is 23.5. The molecule has 0 heterocycles. The Balaban J connectivity index is 3.81. The molecule has 0 atom stereocenters. The van der Waals surface area contributed by atoms with Gasteiger partial charge in [0.2, 0.25) is 29.5 Å². The summed E-state index contributed by atoms with van der Waals surface area (Å²) in [5.41, 5.74) is 5.39. The Bertz CT molecular complexity index is 984. The van der Waals surface area contributed by atoms with Crippen molar-refractivity contribution in [1.82, 2.24) is 25.8 Å². The van der Waals surface area contributed by atoms with E-state index in [1.165, 1.54) is 0 Å². The lowest BCUT2D eigenvalue weighted by molar-refractivity contribution is -0.166. The number of carbonyl (C=O) groups excluding carboxylic acids is 5. The molecule has 17 nitrogen and oxygen atoms in total. The molecule has 0 unspecified atom stereocenters. The van der Waals surface area contributed by atoms with E-state index in [-0.39, 0.29) is 57.1 Å². The van der Waals surface area contributed by atoms with Crippen molar-refractivity contribution < 1.29 is 52.6 Å². The van der Waals surface area contributed by atoms with E-state index in [9.17, 15) is 48.0 Å². The maximum absolute atomic E-state index is 12.0. The van der Waals surface area contributed by atoms with E-state index in [4.69, 9.17) is 10.3 Å². The molecule has 0 saturated heterocycles. The number of nitrogens with two attached hydrogens (primary N) is 1. The van der Waals surface area contributed by atoms with Crippen LogP contribution >= 0.6 is 0 Å². The topological polar surface area (TPSA) is 260 Å². The van der Waals surface area contributed by atoms with Crippen molar-refractivity contribution in [3.8, 4) is 0 Å². The highest BCUT2D eigenvalue weighted by Crippen LogP contribution is 2.04. The summed E-state index contributed by atoms with van der Waals surface area (Å²) in [5, 5.41) is 36.0. The third-order valence-corrected chi connectivity index (χ3v) is 7.10. The highest BCUT2D eigenvalue weighted by Gasteiger charge is 2.16. The van der Waals surface area contributed by atoms with E-state index in [0.29, 0.717) is 79.8 Å². The Hall–Kier alpha value is -2.90. The third-order valence-electron chi connectivity index (χ3n) is 6.38. The second kappa shape index (κ2) is 24.4. The van der Waals surface area contributed by atoms with Crippen molar-refractivity contribution in [2.45, 2.75) is 89.9 Å². The van der Waals surface area contributed by atoms with Crippen LogP contribution in [0.3, 0.4) is 0 Å². The lowest BCUT2D eigenvalue weighted by Crippen LogP contribution is -2.31. The molecule has 0 fully saturated rings. The van der Waals surface area contributed by atoms with Gasteiger partial charge in [-0.2, -0.15) is 8.42 Å². The Kier molecular flexibility index (Phi) is 22.8. The zero-order chi connectivity index (χ0) is 33.4. The van der Waals surface area contributed by atoms with Crippen LogP contribution in [-0.4, -0.2) is 118 Å². The molecule has 0 rings (SSSR count). The zero-order valence-corrected chi connectivity index (χ0v) is 26.1. The maximum Gasteiger partial charge on any atom is 0.265 e. The summed E-state index contributed by atoms with van der Waals surface area (Å²) in [6, 6.07) is 0. The molecule has 18 heteroatoms. The fraction of sp³-hybridized carbons (Fsp3) is 0.808. The Labute approximate surface area is 258 Å². The van der Waals surface area contributed by atoms with Gasteiger partial charge < -0.3 is 16.4 Å². The number of amides is 5. The fourth-order valence-corrected chi connectivity index (χ4v) is 4.19. The lowest BCUT2D eigenvalue weighted by Gasteiger charge is -2.15. The highest BCUT2D eigenvalue weighted by atomic mass is 32.2. The molecule has 0 aliphatic carbocycles. The lowest BCUT2D eigenvalue weighted by atomic mass is 10.2. The predicted octanol–water partition coefficient (Wildman–Crippen LogP) is 0.180. The molecular formula is C26H50N6O11S. The smallest absolute Gasteiger partial charge is 0.265 e. The van der Waals surface area contributed by atoms with Gasteiger partial charge in [0.15, 0.2) is 0 Å². The summed E-state index contributed by atoms with van der Waals surface area (Å²) in [6.45, 7) is 1.46. The number of hydrogen-bond donors (Lipinski definition) is 7. The summed E-state index contributed by atoms with van der Waals surface area (Å²) < 4.78 is 29.9. The minimum absolute atomic E-state index is 0.0307. The van der Waals surface area contributed by atoms with Crippen molar-refractivity contribution in [2.24, 2.45) is 5.73 Å². The molecule has 0 aromatic rings. The first kappa shape index (κ1) is 41.1. The molecule has 256 valence electrons. The van der Waals surface area contributed by atoms with Crippen LogP contribution in [0.4, 0.5) is 0 Å². The van der Waals surface area contributed by atoms with Gasteiger partial charge in [0.25, 0.3) is 10.1 Å². The van der Waals surface area contributed by atoms with E-state index in [0.717, 1.165) is 12.8 Å². The molecule has 0 aromatic carbocycles. The summed E-state index contributed by atoms with van der Waals surface area (Å²) in [7, 11) is -4.29. The van der Waals surface area contributed by atoms with Gasteiger partial charge in [0, 0.05) is 64.8 Å². The van der Waals surface area contributed by atoms with Gasteiger partial charge in [-0.1, -0.05) is 6.42 Å². The van der Waals surface area contributed by atoms with Gasteiger partial charge in [0.05, 0.1) is 5.75 Å². The van der Waals surface area contributed by atoms with E-state index in [1.54, 1.807) is 0 Å². The monoisotopic (exact) mass is 654 g/mol. The second-order valence-corrected chi connectivity index (χ2v) is 11.8. The van der Waals surface area contributed by atoms with E-state index < -0.39 is 40.0 Å². The van der Waals surface area contributed by atoms with Crippen LogP contribution in [0, 0.1) is 0 Å². The minimum Gasteiger partial charge on any atom is -0.356 e. The van der Waals surface area contributed by atoms with Gasteiger partial charge in [0.1, 0.15) is 0 Å². The van der Waals surface area contributed by atoms with Gasteiger partial charge in [-0.3, -0.25) is 44.1 Å². The molecular weight excluding hydrogens is 604 g/mol. The maximum atomic E-state index is 12.0.